The maximum Gasteiger partial charge on any atom is 0.338 e. The lowest BCUT2D eigenvalue weighted by molar-refractivity contribution is -0.139. The predicted molar refractivity (Wildman–Crippen MR) is 140 cm³/mol. The van der Waals surface area contributed by atoms with Crippen LogP contribution in [0.15, 0.2) is 61.9 Å². The number of esters is 1. The Bertz CT molecular complexity index is 1520. The first-order valence-corrected chi connectivity index (χ1v) is 12.9. The van der Waals surface area contributed by atoms with Gasteiger partial charge in [0.25, 0.3) is 5.56 Å². The van der Waals surface area contributed by atoms with Crippen LogP contribution in [0.5, 0.6) is 17.2 Å². The largest absolute Gasteiger partial charge is 0.504 e. The summed E-state index contributed by atoms with van der Waals surface area (Å²) in [7, 11) is 1.57. The molecule has 3 aromatic rings. The van der Waals surface area contributed by atoms with Crippen LogP contribution in [-0.2, 0) is 9.53 Å². The van der Waals surface area contributed by atoms with Crippen molar-refractivity contribution in [2.24, 2.45) is 4.99 Å². The van der Waals surface area contributed by atoms with E-state index in [9.17, 15) is 14.7 Å². The van der Waals surface area contributed by atoms with E-state index in [4.69, 9.17) is 14.2 Å². The van der Waals surface area contributed by atoms with Crippen LogP contribution in [0.2, 0.25) is 0 Å². The molecule has 0 saturated carbocycles. The zero-order chi connectivity index (χ0) is 26.0. The van der Waals surface area contributed by atoms with Crippen LogP contribution in [0, 0.1) is 0 Å². The fourth-order valence-corrected chi connectivity index (χ4v) is 5.50. The average molecular weight is 573 g/mol. The van der Waals surface area contributed by atoms with Crippen molar-refractivity contribution in [2.75, 3.05) is 20.3 Å². The fraction of sp³-hybridized carbons (Fsp3) is 0.269. The second kappa shape index (κ2) is 10.7. The number of carbonyl (C=O) groups is 1. The number of phenols is 1. The highest BCUT2D eigenvalue weighted by atomic mass is 79.9. The number of nitrogens with zero attached hydrogens (tertiary/aromatic N) is 2. The van der Waals surface area contributed by atoms with Gasteiger partial charge in [0.05, 0.1) is 42.2 Å². The van der Waals surface area contributed by atoms with E-state index >= 15 is 0 Å². The summed E-state index contributed by atoms with van der Waals surface area (Å²) >= 11 is 4.60. The molecule has 2 heterocycles. The molecule has 8 nitrogen and oxygen atoms in total. The van der Waals surface area contributed by atoms with Gasteiger partial charge < -0.3 is 19.3 Å². The third-order valence-corrected chi connectivity index (χ3v) is 7.04. The molecule has 1 aromatic heterocycles. The molecule has 1 atom stereocenters. The zero-order valence-electron chi connectivity index (χ0n) is 20.2. The van der Waals surface area contributed by atoms with Crippen molar-refractivity contribution in [3.63, 3.8) is 0 Å². The van der Waals surface area contributed by atoms with Crippen molar-refractivity contribution < 1.29 is 24.1 Å². The van der Waals surface area contributed by atoms with Crippen LogP contribution in [-0.4, -0.2) is 36.0 Å². The molecule has 1 N–H and O–H groups in total. The number of phenolic OH excluding ortho intramolecular Hbond substituents is 1. The number of benzene rings is 2. The molecular weight excluding hydrogens is 548 g/mol. The molecule has 0 saturated heterocycles. The molecule has 36 heavy (non-hydrogen) atoms. The van der Waals surface area contributed by atoms with Gasteiger partial charge in [-0.15, -0.1) is 0 Å². The number of halogens is 1. The molecule has 0 spiro atoms. The number of carbonyl (C=O) groups excluding carboxylic acids is 1. The Kier molecular flexibility index (Phi) is 7.65. The van der Waals surface area contributed by atoms with Crippen LogP contribution >= 0.6 is 27.3 Å². The lowest BCUT2D eigenvalue weighted by Gasteiger charge is -2.24. The van der Waals surface area contributed by atoms with E-state index < -0.39 is 12.0 Å². The Hall–Kier alpha value is -3.37. The summed E-state index contributed by atoms with van der Waals surface area (Å²) in [6.07, 6.45) is 1.60. The zero-order valence-corrected chi connectivity index (χ0v) is 22.6. The minimum atomic E-state index is -0.733. The van der Waals surface area contributed by atoms with Crippen LogP contribution in [0.1, 0.15) is 37.9 Å². The quantitative estimate of drug-likeness (QED) is 0.434. The van der Waals surface area contributed by atoms with E-state index in [1.165, 1.54) is 15.9 Å². The number of aromatic nitrogens is 1. The summed E-state index contributed by atoms with van der Waals surface area (Å²) < 4.78 is 18.6. The number of rotatable bonds is 7. The number of fused-ring (bicyclic) bond motifs is 1. The van der Waals surface area contributed by atoms with Gasteiger partial charge in [-0.1, -0.05) is 39.4 Å². The molecule has 10 heteroatoms. The Morgan fingerprint density at radius 2 is 1.94 bits per heavy atom. The molecule has 0 radical (unpaired) electrons. The van der Waals surface area contributed by atoms with Crippen molar-refractivity contribution in [3.05, 3.63) is 83.0 Å². The highest BCUT2D eigenvalue weighted by Crippen LogP contribution is 2.35. The summed E-state index contributed by atoms with van der Waals surface area (Å²) in [6, 6.07) is 9.81. The van der Waals surface area contributed by atoms with E-state index in [0.29, 0.717) is 54.3 Å². The smallest absolute Gasteiger partial charge is 0.338 e. The number of hydrogen-bond donors (Lipinski definition) is 1. The molecule has 1 aliphatic heterocycles. The summed E-state index contributed by atoms with van der Waals surface area (Å²) in [5.74, 6) is 0.364. The number of ether oxygens (including phenoxy) is 3. The molecule has 0 amide bonds. The Labute approximate surface area is 219 Å². The minimum Gasteiger partial charge on any atom is -0.504 e. The standard InChI is InChI=1S/C26H25BrN2O6S/c1-5-34-19-13-17(27)11-16(23(19)30)12-20-24(31)29-22(15-7-9-18(33-4)10-8-15)21(25(32)35-6-2)14(3)28-26(29)36-20/h7-13,22,30H,5-6H2,1-4H3/t22-/m1/s1. The van der Waals surface area contributed by atoms with E-state index in [0.717, 1.165) is 0 Å². The first kappa shape index (κ1) is 25.7. The maximum atomic E-state index is 13.7. The van der Waals surface area contributed by atoms with Gasteiger partial charge in [0.2, 0.25) is 0 Å². The molecule has 1 aliphatic rings. The minimum absolute atomic E-state index is 0.0685. The second-order valence-corrected chi connectivity index (χ2v) is 9.77. The third-order valence-electron chi connectivity index (χ3n) is 5.60. The SMILES string of the molecule is CCOC(=O)C1=C(C)N=c2sc(=Cc3cc(Br)cc(OCC)c3O)c(=O)n2[C@@H]1c1ccc(OC)cc1. The molecule has 0 unspecified atom stereocenters. The van der Waals surface area contributed by atoms with Crippen LogP contribution < -0.4 is 24.4 Å². The molecule has 4 rings (SSSR count). The van der Waals surface area contributed by atoms with Gasteiger partial charge >= 0.3 is 5.97 Å². The Morgan fingerprint density at radius 3 is 2.58 bits per heavy atom. The topological polar surface area (TPSA) is 99.4 Å². The summed E-state index contributed by atoms with van der Waals surface area (Å²) in [6.45, 7) is 5.85. The average Bonchev–Trinajstić information content (AvgIpc) is 3.15. The van der Waals surface area contributed by atoms with Crippen molar-refractivity contribution in [1.82, 2.24) is 4.57 Å². The molecule has 2 aromatic carbocycles. The molecule has 188 valence electrons. The van der Waals surface area contributed by atoms with Crippen LogP contribution in [0.25, 0.3) is 6.08 Å². The van der Waals surface area contributed by atoms with Crippen molar-refractivity contribution in [2.45, 2.75) is 26.8 Å². The fourth-order valence-electron chi connectivity index (χ4n) is 4.00. The van der Waals surface area contributed by atoms with Gasteiger partial charge in [0.15, 0.2) is 16.3 Å². The van der Waals surface area contributed by atoms with E-state index in [1.54, 1.807) is 51.3 Å². The lowest BCUT2D eigenvalue weighted by atomic mass is 9.96. The molecule has 0 fully saturated rings. The summed E-state index contributed by atoms with van der Waals surface area (Å²) in [4.78, 5) is 31.7. The number of thiazole rings is 1. The monoisotopic (exact) mass is 572 g/mol. The first-order chi connectivity index (χ1) is 17.3. The summed E-state index contributed by atoms with van der Waals surface area (Å²) in [5, 5.41) is 10.7. The number of allylic oxidation sites excluding steroid dienone is 1. The third kappa shape index (κ3) is 4.83. The van der Waals surface area contributed by atoms with Gasteiger partial charge in [-0.05, 0) is 56.7 Å². The van der Waals surface area contributed by atoms with Gasteiger partial charge in [-0.3, -0.25) is 9.36 Å². The van der Waals surface area contributed by atoms with Crippen molar-refractivity contribution in [3.8, 4) is 17.2 Å². The van der Waals surface area contributed by atoms with Crippen molar-refractivity contribution >= 4 is 39.3 Å². The Morgan fingerprint density at radius 1 is 1.22 bits per heavy atom. The van der Waals surface area contributed by atoms with E-state index in [2.05, 4.69) is 20.9 Å². The van der Waals surface area contributed by atoms with E-state index in [-0.39, 0.29) is 17.9 Å². The second-order valence-electron chi connectivity index (χ2n) is 7.85. The summed E-state index contributed by atoms with van der Waals surface area (Å²) in [5.41, 5.74) is 1.56. The lowest BCUT2D eigenvalue weighted by Crippen LogP contribution is -2.39. The molecule has 0 bridgehead atoms. The highest BCUT2D eigenvalue weighted by Gasteiger charge is 2.33. The maximum absolute atomic E-state index is 13.7. The molecule has 0 aliphatic carbocycles. The first-order valence-electron chi connectivity index (χ1n) is 11.3. The molecular formula is C26H25BrN2O6S. The number of aromatic hydroxyl groups is 1. The number of hydrogen-bond acceptors (Lipinski definition) is 8. The van der Waals surface area contributed by atoms with Crippen molar-refractivity contribution in [1.29, 1.82) is 0 Å². The number of methoxy groups -OCH3 is 1. The highest BCUT2D eigenvalue weighted by molar-refractivity contribution is 9.10. The van der Waals surface area contributed by atoms with Crippen LogP contribution in [0.3, 0.4) is 0 Å². The normalized spacial score (nSPS) is 15.4. The van der Waals surface area contributed by atoms with Gasteiger partial charge in [-0.25, -0.2) is 9.79 Å². The van der Waals surface area contributed by atoms with E-state index in [1.807, 2.05) is 19.1 Å². The van der Waals surface area contributed by atoms with Gasteiger partial charge in [0, 0.05) is 10.0 Å². The van der Waals surface area contributed by atoms with Crippen LogP contribution in [0.4, 0.5) is 0 Å². The Balaban J connectivity index is 1.95. The van der Waals surface area contributed by atoms with Gasteiger partial charge in [-0.2, -0.15) is 0 Å². The van der Waals surface area contributed by atoms with Gasteiger partial charge in [0.1, 0.15) is 5.75 Å². The predicted octanol–water partition coefficient (Wildman–Crippen LogP) is 3.67.